The summed E-state index contributed by atoms with van der Waals surface area (Å²) in [6, 6.07) is 3.00. The van der Waals surface area contributed by atoms with Crippen molar-refractivity contribution in [3.8, 4) is 5.75 Å². The Morgan fingerprint density at radius 1 is 1.46 bits per heavy atom. The highest BCUT2D eigenvalue weighted by Crippen LogP contribution is 2.41. The second-order valence-corrected chi connectivity index (χ2v) is 5.91. The summed E-state index contributed by atoms with van der Waals surface area (Å²) in [5.41, 5.74) is -1.29. The van der Waals surface area contributed by atoms with Crippen LogP contribution in [0.25, 0.3) is 0 Å². The average Bonchev–Trinajstić information content (AvgIpc) is 2.82. The lowest BCUT2D eigenvalue weighted by Gasteiger charge is -2.36. The third kappa shape index (κ3) is 2.68. The van der Waals surface area contributed by atoms with Gasteiger partial charge in [0, 0.05) is 18.5 Å². The Kier molecular flexibility index (Phi) is 4.13. The van der Waals surface area contributed by atoms with Gasteiger partial charge in [0.05, 0.1) is 0 Å². The molecule has 1 aromatic carbocycles. The first-order chi connectivity index (χ1) is 11.5. The molecule has 4 amide bonds. The molecule has 0 unspecified atom stereocenters. The smallest absolute Gasteiger partial charge is 0.322 e. The average molecular weight is 335 g/mol. The Labute approximate surface area is 137 Å². The Morgan fingerprint density at radius 3 is 2.92 bits per heavy atom. The van der Waals surface area contributed by atoms with Crippen LogP contribution in [0.3, 0.4) is 0 Å². The number of halogens is 1. The number of ether oxygens (including phenoxy) is 1. The van der Waals surface area contributed by atoms with Crippen LogP contribution in [-0.2, 0) is 15.1 Å². The molecule has 2 aliphatic rings. The predicted molar refractivity (Wildman–Crippen MR) is 81.7 cm³/mol. The van der Waals surface area contributed by atoms with E-state index in [4.69, 9.17) is 4.74 Å². The monoisotopic (exact) mass is 335 g/mol. The lowest BCUT2D eigenvalue weighted by molar-refractivity contribution is -0.133. The molecule has 8 heteroatoms. The van der Waals surface area contributed by atoms with Gasteiger partial charge in [0.25, 0.3) is 11.8 Å². The van der Waals surface area contributed by atoms with Gasteiger partial charge in [0.1, 0.15) is 11.6 Å². The van der Waals surface area contributed by atoms with E-state index in [9.17, 15) is 18.8 Å². The quantitative estimate of drug-likeness (QED) is 0.563. The minimum atomic E-state index is -1.50. The van der Waals surface area contributed by atoms with E-state index in [1.807, 2.05) is 6.92 Å². The molecule has 0 aliphatic carbocycles. The van der Waals surface area contributed by atoms with Crippen molar-refractivity contribution < 1.29 is 23.5 Å². The molecule has 0 bridgehead atoms. The highest BCUT2D eigenvalue weighted by molar-refractivity contribution is 6.08. The molecule has 2 heterocycles. The number of unbranched alkanes of at least 4 members (excludes halogenated alkanes) is 1. The van der Waals surface area contributed by atoms with Crippen LogP contribution in [0.1, 0.15) is 31.7 Å². The molecule has 3 N–H and O–H groups in total. The molecule has 7 nitrogen and oxygen atoms in total. The molecule has 0 aromatic heterocycles. The van der Waals surface area contributed by atoms with E-state index in [0.29, 0.717) is 6.54 Å². The third-order valence-electron chi connectivity index (χ3n) is 4.23. The normalized spacial score (nSPS) is 24.8. The molecule has 24 heavy (non-hydrogen) atoms. The maximum Gasteiger partial charge on any atom is 0.322 e. The zero-order valence-corrected chi connectivity index (χ0v) is 13.1. The number of hydrogen-bond acceptors (Lipinski definition) is 4. The van der Waals surface area contributed by atoms with E-state index in [0.717, 1.165) is 18.9 Å². The van der Waals surface area contributed by atoms with Gasteiger partial charge >= 0.3 is 6.03 Å². The minimum Gasteiger partial charge on any atom is -0.480 e. The van der Waals surface area contributed by atoms with Crippen molar-refractivity contribution in [2.24, 2.45) is 0 Å². The van der Waals surface area contributed by atoms with Crippen LogP contribution in [-0.4, -0.2) is 30.5 Å². The fourth-order valence-electron chi connectivity index (χ4n) is 2.99. The van der Waals surface area contributed by atoms with Crippen molar-refractivity contribution in [3.05, 3.63) is 29.6 Å². The van der Waals surface area contributed by atoms with Crippen LogP contribution in [0.15, 0.2) is 18.2 Å². The summed E-state index contributed by atoms with van der Waals surface area (Å²) in [6.07, 6.45) is 0.696. The molecule has 3 rings (SSSR count). The summed E-state index contributed by atoms with van der Waals surface area (Å²) in [4.78, 5) is 36.3. The Balaban J connectivity index is 1.94. The number of carbonyl (C=O) groups excluding carboxylic acids is 3. The summed E-state index contributed by atoms with van der Waals surface area (Å²) in [6.45, 7) is 2.50. The number of benzene rings is 1. The first-order valence-electron chi connectivity index (χ1n) is 7.84. The van der Waals surface area contributed by atoms with Gasteiger partial charge in [-0.05, 0) is 24.6 Å². The molecule has 2 aliphatic heterocycles. The van der Waals surface area contributed by atoms with E-state index in [2.05, 4.69) is 16.0 Å². The van der Waals surface area contributed by atoms with Gasteiger partial charge < -0.3 is 15.4 Å². The maximum atomic E-state index is 13.6. The fraction of sp³-hybridized carbons (Fsp3) is 0.438. The third-order valence-corrected chi connectivity index (χ3v) is 4.23. The van der Waals surface area contributed by atoms with Crippen LogP contribution in [0.4, 0.5) is 9.18 Å². The largest absolute Gasteiger partial charge is 0.480 e. The minimum absolute atomic E-state index is 0.0982. The van der Waals surface area contributed by atoms with E-state index in [1.165, 1.54) is 12.1 Å². The van der Waals surface area contributed by atoms with Crippen molar-refractivity contribution in [3.63, 3.8) is 0 Å². The summed E-state index contributed by atoms with van der Waals surface area (Å²) in [7, 11) is 0. The van der Waals surface area contributed by atoms with Gasteiger partial charge in [-0.1, -0.05) is 13.3 Å². The van der Waals surface area contributed by atoms with Crippen LogP contribution < -0.4 is 20.7 Å². The van der Waals surface area contributed by atoms with Gasteiger partial charge in [0.2, 0.25) is 0 Å². The lowest BCUT2D eigenvalue weighted by Crippen LogP contribution is -2.54. The van der Waals surface area contributed by atoms with Crippen LogP contribution in [0.2, 0.25) is 0 Å². The molecule has 128 valence electrons. The molecule has 2 atom stereocenters. The number of fused-ring (bicyclic) bond motifs is 2. The van der Waals surface area contributed by atoms with Crippen LogP contribution in [0.5, 0.6) is 5.75 Å². The highest BCUT2D eigenvalue weighted by Gasteiger charge is 2.54. The number of carbonyl (C=O) groups is 3. The van der Waals surface area contributed by atoms with Crippen molar-refractivity contribution in [1.29, 1.82) is 0 Å². The second kappa shape index (κ2) is 6.10. The van der Waals surface area contributed by atoms with Crippen LogP contribution >= 0.6 is 0 Å². The first kappa shape index (κ1) is 16.2. The molecule has 1 spiro atoms. The summed E-state index contributed by atoms with van der Waals surface area (Å²) < 4.78 is 19.3. The van der Waals surface area contributed by atoms with E-state index >= 15 is 0 Å². The molecule has 1 fully saturated rings. The maximum absolute atomic E-state index is 13.6. The summed E-state index contributed by atoms with van der Waals surface area (Å²) in [5.74, 6) is -1.34. The van der Waals surface area contributed by atoms with Crippen LogP contribution in [0, 0.1) is 5.82 Å². The molecular formula is C16H18FN3O4. The molecule has 0 saturated carbocycles. The number of rotatable bonds is 4. The van der Waals surface area contributed by atoms with Crippen molar-refractivity contribution in [2.45, 2.75) is 37.8 Å². The van der Waals surface area contributed by atoms with Crippen molar-refractivity contribution in [1.82, 2.24) is 16.0 Å². The molecular weight excluding hydrogens is 317 g/mol. The number of nitrogens with one attached hydrogen (secondary N) is 3. The van der Waals surface area contributed by atoms with Gasteiger partial charge in [-0.2, -0.15) is 0 Å². The Morgan fingerprint density at radius 2 is 2.25 bits per heavy atom. The number of imide groups is 1. The lowest BCUT2D eigenvalue weighted by atomic mass is 9.81. The van der Waals surface area contributed by atoms with E-state index in [1.54, 1.807) is 0 Å². The highest BCUT2D eigenvalue weighted by atomic mass is 19.1. The molecule has 1 saturated heterocycles. The van der Waals surface area contributed by atoms with E-state index in [-0.39, 0.29) is 23.6 Å². The van der Waals surface area contributed by atoms with Crippen molar-refractivity contribution in [2.75, 3.05) is 6.54 Å². The fourth-order valence-corrected chi connectivity index (χ4v) is 2.99. The summed E-state index contributed by atoms with van der Waals surface area (Å²) >= 11 is 0. The Hall–Kier alpha value is -2.64. The van der Waals surface area contributed by atoms with Gasteiger partial charge in [-0.25, -0.2) is 9.18 Å². The SMILES string of the molecule is CCCCNC(=O)[C@@H]1C[C@]2(NC(=O)NC2=O)c2cc(F)ccc2O1. The first-order valence-corrected chi connectivity index (χ1v) is 7.84. The predicted octanol–water partition coefficient (Wildman–Crippen LogP) is 0.928. The number of amides is 4. The van der Waals surface area contributed by atoms with Gasteiger partial charge in [-0.15, -0.1) is 0 Å². The topological polar surface area (TPSA) is 96.5 Å². The van der Waals surface area contributed by atoms with Gasteiger partial charge in [0.15, 0.2) is 11.6 Å². The molecule has 1 aromatic rings. The standard InChI is InChI=1S/C16H18FN3O4/c1-2-3-6-18-13(21)12-8-16(14(22)19-15(23)20-16)10-7-9(17)4-5-11(10)24-12/h4-5,7,12H,2-3,6,8H2,1H3,(H,18,21)(H2,19,20,22,23)/t12-,16-/m0/s1. The number of urea groups is 1. The molecule has 0 radical (unpaired) electrons. The van der Waals surface area contributed by atoms with Crippen molar-refractivity contribution >= 4 is 17.8 Å². The number of hydrogen-bond donors (Lipinski definition) is 3. The van der Waals surface area contributed by atoms with E-state index < -0.39 is 29.4 Å². The van der Waals surface area contributed by atoms with Gasteiger partial charge in [-0.3, -0.25) is 14.9 Å². The summed E-state index contributed by atoms with van der Waals surface area (Å²) in [5, 5.41) is 7.42. The zero-order valence-electron chi connectivity index (χ0n) is 13.1. The zero-order chi connectivity index (χ0) is 17.3. The second-order valence-electron chi connectivity index (χ2n) is 5.91. The Bertz CT molecular complexity index is 709.